The predicted molar refractivity (Wildman–Crippen MR) is 120 cm³/mol. The minimum absolute atomic E-state index is 0.0654. The third-order valence-electron chi connectivity index (χ3n) is 11.2. The van der Waals surface area contributed by atoms with E-state index in [1.165, 1.54) is 44.9 Å². The van der Waals surface area contributed by atoms with E-state index in [4.69, 9.17) is 0 Å². The average molecular weight is 395 g/mol. The van der Waals surface area contributed by atoms with Crippen LogP contribution in [0.5, 0.6) is 0 Å². The van der Waals surface area contributed by atoms with Crippen molar-refractivity contribution >= 4 is 5.78 Å². The Morgan fingerprint density at radius 1 is 0.966 bits per heavy atom. The van der Waals surface area contributed by atoms with Crippen molar-refractivity contribution in [3.63, 3.8) is 0 Å². The van der Waals surface area contributed by atoms with E-state index in [2.05, 4.69) is 59.8 Å². The summed E-state index contributed by atoms with van der Waals surface area (Å²) in [6.45, 7) is 14.5. The standard InChI is InChI=1S/C28H42O/c1-17(2)18(3)7-8-19(4)22-9-10-23-21-15-25(29)28-16-20(28)11-14-27(28,6)24(21)12-13-26(22,23)5/h7-8,15,17-20,22-24H,9-14,16H2,1-6H3/t18-,19-,20?,22-,23+,24+,26-,27-,28?/m1/s1. The van der Waals surface area contributed by atoms with Crippen LogP contribution in [0.1, 0.15) is 86.5 Å². The molecule has 0 aromatic heterocycles. The second-order valence-corrected chi connectivity index (χ2v) is 12.5. The number of rotatable bonds is 4. The van der Waals surface area contributed by atoms with Crippen LogP contribution in [0.3, 0.4) is 0 Å². The van der Waals surface area contributed by atoms with Gasteiger partial charge in [-0.25, -0.2) is 0 Å². The van der Waals surface area contributed by atoms with Gasteiger partial charge in [-0.2, -0.15) is 0 Å². The van der Waals surface area contributed by atoms with Crippen molar-refractivity contribution in [3.8, 4) is 0 Å². The lowest BCUT2D eigenvalue weighted by molar-refractivity contribution is -0.127. The molecule has 5 rings (SSSR count). The Morgan fingerprint density at radius 3 is 2.41 bits per heavy atom. The molecule has 1 heteroatoms. The molecule has 0 aromatic rings. The molecular weight excluding hydrogens is 352 g/mol. The van der Waals surface area contributed by atoms with Gasteiger partial charge in [0.1, 0.15) is 0 Å². The van der Waals surface area contributed by atoms with Crippen LogP contribution in [-0.4, -0.2) is 5.78 Å². The summed E-state index contributed by atoms with van der Waals surface area (Å²) >= 11 is 0. The number of ketones is 1. The van der Waals surface area contributed by atoms with Gasteiger partial charge in [-0.3, -0.25) is 4.79 Å². The summed E-state index contributed by atoms with van der Waals surface area (Å²) in [4.78, 5) is 13.4. The molecule has 5 aliphatic rings. The van der Waals surface area contributed by atoms with E-state index in [9.17, 15) is 4.79 Å². The molecule has 4 fully saturated rings. The summed E-state index contributed by atoms with van der Waals surface area (Å²) in [5.41, 5.74) is 2.32. The minimum Gasteiger partial charge on any atom is -0.294 e. The van der Waals surface area contributed by atoms with Gasteiger partial charge in [0.25, 0.3) is 0 Å². The van der Waals surface area contributed by atoms with Gasteiger partial charge >= 0.3 is 0 Å². The van der Waals surface area contributed by atoms with Crippen LogP contribution in [0.15, 0.2) is 23.8 Å². The monoisotopic (exact) mass is 394 g/mol. The molecule has 4 saturated carbocycles. The number of allylic oxidation sites excluding steroid dienone is 4. The molecule has 0 amide bonds. The van der Waals surface area contributed by atoms with Crippen LogP contribution in [0.25, 0.3) is 0 Å². The molecule has 1 spiro atoms. The Kier molecular flexibility index (Phi) is 4.38. The van der Waals surface area contributed by atoms with Crippen LogP contribution in [0.4, 0.5) is 0 Å². The highest BCUT2D eigenvalue weighted by molar-refractivity contribution is 6.00. The summed E-state index contributed by atoms with van der Waals surface area (Å²) in [5, 5.41) is 0. The minimum atomic E-state index is 0.0654. The van der Waals surface area contributed by atoms with Crippen LogP contribution in [0, 0.1) is 57.7 Å². The topological polar surface area (TPSA) is 17.1 Å². The van der Waals surface area contributed by atoms with Crippen molar-refractivity contribution in [2.24, 2.45) is 57.7 Å². The Balaban J connectivity index is 1.42. The largest absolute Gasteiger partial charge is 0.294 e. The summed E-state index contributed by atoms with van der Waals surface area (Å²) in [6, 6.07) is 0. The van der Waals surface area contributed by atoms with Gasteiger partial charge < -0.3 is 0 Å². The van der Waals surface area contributed by atoms with Crippen molar-refractivity contribution in [2.75, 3.05) is 0 Å². The van der Waals surface area contributed by atoms with E-state index in [1.807, 2.05) is 0 Å². The quantitative estimate of drug-likeness (QED) is 0.460. The Morgan fingerprint density at radius 2 is 1.72 bits per heavy atom. The van der Waals surface area contributed by atoms with Crippen LogP contribution < -0.4 is 0 Å². The van der Waals surface area contributed by atoms with Gasteiger partial charge in [0.2, 0.25) is 0 Å². The molecule has 0 N–H and O–H groups in total. The SMILES string of the molecule is CC(C)[C@H](C)C=C[C@@H](C)[C@H]1CC[C@H]2C3=CC(=O)C45CC4CC[C@]5(C)[C@H]3CC[C@]12C. The predicted octanol–water partition coefficient (Wildman–Crippen LogP) is 7.23. The second-order valence-electron chi connectivity index (χ2n) is 12.5. The average Bonchev–Trinajstić information content (AvgIpc) is 3.20. The molecular formula is C28H42O. The van der Waals surface area contributed by atoms with E-state index in [1.54, 1.807) is 5.57 Å². The van der Waals surface area contributed by atoms with E-state index < -0.39 is 0 Å². The molecule has 0 aromatic carbocycles. The first-order chi connectivity index (χ1) is 13.6. The third-order valence-corrected chi connectivity index (χ3v) is 11.2. The summed E-state index contributed by atoms with van der Waals surface area (Å²) in [5.74, 6) is 5.37. The van der Waals surface area contributed by atoms with Crippen molar-refractivity contribution in [2.45, 2.75) is 86.5 Å². The zero-order valence-electron chi connectivity index (χ0n) is 19.6. The molecule has 0 saturated heterocycles. The molecule has 0 bridgehead atoms. The molecule has 1 nitrogen and oxygen atoms in total. The lowest BCUT2D eigenvalue weighted by atomic mass is 9.49. The van der Waals surface area contributed by atoms with Gasteiger partial charge in [-0.1, -0.05) is 59.3 Å². The molecule has 9 atom stereocenters. The van der Waals surface area contributed by atoms with E-state index in [-0.39, 0.29) is 10.8 Å². The first-order valence-corrected chi connectivity index (χ1v) is 12.6. The molecule has 29 heavy (non-hydrogen) atoms. The zero-order valence-corrected chi connectivity index (χ0v) is 19.6. The van der Waals surface area contributed by atoms with Crippen LogP contribution in [0.2, 0.25) is 0 Å². The van der Waals surface area contributed by atoms with Gasteiger partial charge in [-0.05, 0) is 103 Å². The maximum atomic E-state index is 13.4. The lowest BCUT2D eigenvalue weighted by Gasteiger charge is -2.54. The molecule has 0 aliphatic heterocycles. The Labute approximate surface area is 178 Å². The van der Waals surface area contributed by atoms with Crippen molar-refractivity contribution in [1.29, 1.82) is 0 Å². The number of fused-ring (bicyclic) bond motifs is 4. The molecule has 2 unspecified atom stereocenters. The molecule has 5 aliphatic carbocycles. The highest BCUT2D eigenvalue weighted by Crippen LogP contribution is 2.79. The Hall–Kier alpha value is -0.850. The maximum absolute atomic E-state index is 13.4. The lowest BCUT2D eigenvalue weighted by Crippen LogP contribution is -2.50. The van der Waals surface area contributed by atoms with Crippen molar-refractivity contribution < 1.29 is 4.79 Å². The van der Waals surface area contributed by atoms with E-state index in [0.717, 1.165) is 11.8 Å². The fraction of sp³-hybridized carbons (Fsp3) is 0.821. The first kappa shape index (κ1) is 20.1. The molecule has 0 heterocycles. The summed E-state index contributed by atoms with van der Waals surface area (Å²) < 4.78 is 0. The smallest absolute Gasteiger partial charge is 0.162 e. The van der Waals surface area contributed by atoms with Gasteiger partial charge in [0, 0.05) is 5.41 Å². The maximum Gasteiger partial charge on any atom is 0.162 e. The fourth-order valence-electron chi connectivity index (χ4n) is 8.92. The summed E-state index contributed by atoms with van der Waals surface area (Å²) in [6.07, 6.45) is 16.3. The Bertz CT molecular complexity index is 773. The van der Waals surface area contributed by atoms with Crippen molar-refractivity contribution in [3.05, 3.63) is 23.8 Å². The highest BCUT2D eigenvalue weighted by Gasteiger charge is 2.76. The van der Waals surface area contributed by atoms with Crippen LogP contribution >= 0.6 is 0 Å². The molecule has 0 radical (unpaired) electrons. The van der Waals surface area contributed by atoms with E-state index in [0.29, 0.717) is 40.8 Å². The summed E-state index contributed by atoms with van der Waals surface area (Å²) in [7, 11) is 0. The third kappa shape index (κ3) is 2.48. The number of hydrogen-bond acceptors (Lipinski definition) is 1. The van der Waals surface area contributed by atoms with Gasteiger partial charge in [-0.15, -0.1) is 0 Å². The normalized spacial score (nSPS) is 50.0. The molecule has 160 valence electrons. The zero-order chi connectivity index (χ0) is 20.8. The second kappa shape index (κ2) is 6.33. The van der Waals surface area contributed by atoms with Crippen molar-refractivity contribution in [1.82, 2.24) is 0 Å². The highest BCUT2D eigenvalue weighted by atomic mass is 16.1. The van der Waals surface area contributed by atoms with E-state index >= 15 is 0 Å². The number of hydrogen-bond donors (Lipinski definition) is 0. The number of carbonyl (C=O) groups excluding carboxylic acids is 1. The fourth-order valence-corrected chi connectivity index (χ4v) is 8.92. The number of carbonyl (C=O) groups is 1. The van der Waals surface area contributed by atoms with Crippen LogP contribution in [-0.2, 0) is 4.79 Å². The van der Waals surface area contributed by atoms with Gasteiger partial charge in [0.15, 0.2) is 5.78 Å². The van der Waals surface area contributed by atoms with Gasteiger partial charge in [0.05, 0.1) is 0 Å². The first-order valence-electron chi connectivity index (χ1n) is 12.6.